The Morgan fingerprint density at radius 3 is 1.78 bits per heavy atom. The molecule has 2 aromatic carbocycles. The summed E-state index contributed by atoms with van der Waals surface area (Å²) < 4.78 is 43.6. The van der Waals surface area contributed by atoms with Crippen LogP contribution in [-0.4, -0.2) is 18.0 Å². The molecule has 0 N–H and O–H groups in total. The summed E-state index contributed by atoms with van der Waals surface area (Å²) in [5.41, 5.74) is 2.94. The van der Waals surface area contributed by atoms with Gasteiger partial charge in [-0.3, -0.25) is 0 Å². The van der Waals surface area contributed by atoms with Crippen molar-refractivity contribution in [3.63, 3.8) is 0 Å². The fourth-order valence-electron chi connectivity index (χ4n) is 2.44. The second-order valence-corrected chi connectivity index (χ2v) is 9.05. The predicted molar refractivity (Wildman–Crippen MR) is 85.9 cm³/mol. The fourth-order valence-corrected chi connectivity index (χ4v) is 4.65. The Kier molecular flexibility index (Phi) is 15.6. The molecule has 1 atom stereocenters. The van der Waals surface area contributed by atoms with E-state index >= 15 is 0 Å². The standard InChI is InChI=1S/C16H19O6PS.3Na/c17-23(18,19)16(24(20,21)22)8-4-5-13-9-11-15(12-10-13)14-6-2-1-3-7-14;;;/h1-3,6-7,9-12,16H,4-5,8H2,(H2,17,18,19)(H,20,21,22);;;/q;3*+1/p-3. The predicted octanol–water partition coefficient (Wildman–Crippen LogP) is -7.53. The number of hydrogen-bond acceptors (Lipinski definition) is 6. The van der Waals surface area contributed by atoms with E-state index in [9.17, 15) is 27.3 Å². The van der Waals surface area contributed by atoms with E-state index in [1.165, 1.54) is 0 Å². The summed E-state index contributed by atoms with van der Waals surface area (Å²) in [5, 5.41) is 0. The maximum Gasteiger partial charge on any atom is 1.00 e. The van der Waals surface area contributed by atoms with Gasteiger partial charge in [0, 0.05) is 0 Å². The molecule has 0 saturated carbocycles. The Balaban J connectivity index is 0. The van der Waals surface area contributed by atoms with Gasteiger partial charge >= 0.3 is 88.7 Å². The van der Waals surface area contributed by atoms with Gasteiger partial charge in [0.15, 0.2) is 0 Å². The van der Waals surface area contributed by atoms with E-state index in [4.69, 9.17) is 0 Å². The van der Waals surface area contributed by atoms with E-state index < -0.39 is 29.1 Å². The Hall–Kier alpha value is 1.50. The van der Waals surface area contributed by atoms with Crippen LogP contribution in [0.5, 0.6) is 0 Å². The van der Waals surface area contributed by atoms with E-state index in [1.54, 1.807) is 0 Å². The summed E-state index contributed by atoms with van der Waals surface area (Å²) in [4.78, 5) is 19.4. The van der Waals surface area contributed by atoms with Crippen molar-refractivity contribution in [2.24, 2.45) is 0 Å². The summed E-state index contributed by atoms with van der Waals surface area (Å²) in [5.74, 6) is 0. The average Bonchev–Trinajstić information content (AvgIpc) is 2.50. The van der Waals surface area contributed by atoms with Gasteiger partial charge in [-0.25, -0.2) is 8.42 Å². The number of hydrogen-bond donors (Lipinski definition) is 0. The van der Waals surface area contributed by atoms with Crippen LogP contribution in [0.4, 0.5) is 0 Å². The minimum Gasteiger partial charge on any atom is -0.810 e. The molecule has 27 heavy (non-hydrogen) atoms. The summed E-state index contributed by atoms with van der Waals surface area (Å²) in [6.07, 6.45) is 0.00290. The molecule has 0 saturated heterocycles. The van der Waals surface area contributed by atoms with Crippen molar-refractivity contribution in [3.8, 4) is 11.1 Å². The van der Waals surface area contributed by atoms with Crippen molar-refractivity contribution in [3.05, 3.63) is 60.2 Å². The Bertz CT molecular complexity index is 825. The van der Waals surface area contributed by atoms with Gasteiger partial charge in [0.25, 0.3) is 0 Å². The van der Waals surface area contributed by atoms with E-state index in [1.807, 2.05) is 54.6 Å². The van der Waals surface area contributed by atoms with Crippen LogP contribution in [0.1, 0.15) is 18.4 Å². The summed E-state index contributed by atoms with van der Waals surface area (Å²) in [6, 6.07) is 17.2. The number of benzene rings is 2. The summed E-state index contributed by atoms with van der Waals surface area (Å²) >= 11 is 0. The van der Waals surface area contributed by atoms with Gasteiger partial charge in [0.05, 0.1) is 4.99 Å². The number of rotatable bonds is 7. The first-order chi connectivity index (χ1) is 11.2. The first-order valence-corrected chi connectivity index (χ1v) is 10.4. The van der Waals surface area contributed by atoms with Crippen LogP contribution in [0.2, 0.25) is 0 Å². The van der Waals surface area contributed by atoms with Gasteiger partial charge in [0.1, 0.15) is 10.1 Å². The fraction of sp³-hybridized carbons (Fsp3) is 0.250. The van der Waals surface area contributed by atoms with E-state index in [2.05, 4.69) is 0 Å². The van der Waals surface area contributed by atoms with Crippen molar-refractivity contribution in [2.75, 3.05) is 0 Å². The van der Waals surface area contributed by atoms with Crippen LogP contribution >= 0.6 is 7.60 Å². The molecule has 2 rings (SSSR count). The van der Waals surface area contributed by atoms with Crippen molar-refractivity contribution < 1.29 is 116 Å². The molecule has 2 aromatic rings. The molecule has 0 aliphatic heterocycles. The van der Waals surface area contributed by atoms with Gasteiger partial charge in [-0.05, 0) is 36.0 Å². The third-order valence-corrected chi connectivity index (χ3v) is 7.08. The van der Waals surface area contributed by atoms with Crippen molar-refractivity contribution in [1.82, 2.24) is 0 Å². The molecule has 0 aromatic heterocycles. The molecule has 0 fully saturated rings. The van der Waals surface area contributed by atoms with Crippen LogP contribution in [0.3, 0.4) is 0 Å². The third-order valence-electron chi connectivity index (χ3n) is 3.66. The Labute approximate surface area is 226 Å². The quantitative estimate of drug-likeness (QED) is 0.242. The molecule has 1 unspecified atom stereocenters. The SMILES string of the molecule is O=P([O-])([O-])C(CCCc1ccc(-c2ccccc2)cc1)S(=O)(=O)[O-].[Na+].[Na+].[Na+]. The normalized spacial score (nSPS) is 12.1. The first-order valence-electron chi connectivity index (χ1n) is 7.29. The van der Waals surface area contributed by atoms with Crippen molar-refractivity contribution >= 4 is 17.7 Å². The Morgan fingerprint density at radius 2 is 1.33 bits per heavy atom. The first kappa shape index (κ1) is 30.7. The van der Waals surface area contributed by atoms with Crippen molar-refractivity contribution in [2.45, 2.75) is 24.3 Å². The molecule has 0 aliphatic carbocycles. The molecular formula is C16H16Na3O6PS. The van der Waals surface area contributed by atoms with Crippen LogP contribution < -0.4 is 98.5 Å². The maximum atomic E-state index is 10.9. The smallest absolute Gasteiger partial charge is 0.810 e. The van der Waals surface area contributed by atoms with Crippen molar-refractivity contribution in [1.29, 1.82) is 0 Å². The van der Waals surface area contributed by atoms with Gasteiger partial charge < -0.3 is 18.9 Å². The van der Waals surface area contributed by atoms with E-state index in [-0.39, 0.29) is 95.1 Å². The second kappa shape index (κ2) is 13.7. The largest absolute Gasteiger partial charge is 1.00 e. The molecule has 6 nitrogen and oxygen atoms in total. The molecule has 0 heterocycles. The molecule has 0 radical (unpaired) electrons. The summed E-state index contributed by atoms with van der Waals surface area (Å²) in [6.45, 7) is 0. The van der Waals surface area contributed by atoms with Gasteiger partial charge in [-0.1, -0.05) is 62.2 Å². The molecule has 0 spiro atoms. The molecule has 0 bridgehead atoms. The van der Waals surface area contributed by atoms with Crippen LogP contribution in [0.15, 0.2) is 54.6 Å². The van der Waals surface area contributed by atoms with Gasteiger partial charge in [-0.2, -0.15) is 0 Å². The van der Waals surface area contributed by atoms with Gasteiger partial charge in [0.2, 0.25) is 0 Å². The monoisotopic (exact) mass is 436 g/mol. The Morgan fingerprint density at radius 1 is 0.852 bits per heavy atom. The zero-order chi connectivity index (χ0) is 17.8. The maximum absolute atomic E-state index is 10.9. The molecule has 130 valence electrons. The topological polar surface area (TPSA) is 120 Å². The minimum atomic E-state index is -5.47. The van der Waals surface area contributed by atoms with Crippen LogP contribution in [0, 0.1) is 0 Å². The van der Waals surface area contributed by atoms with E-state index in [0.717, 1.165) is 16.7 Å². The minimum absolute atomic E-state index is 0. The zero-order valence-corrected chi connectivity index (χ0v) is 23.4. The number of aryl methyl sites for hydroxylation is 1. The molecule has 11 heteroatoms. The van der Waals surface area contributed by atoms with Crippen LogP contribution in [-0.2, 0) is 21.1 Å². The van der Waals surface area contributed by atoms with E-state index in [0.29, 0.717) is 6.42 Å². The second-order valence-electron chi connectivity index (χ2n) is 5.44. The van der Waals surface area contributed by atoms with Crippen LogP contribution in [0.25, 0.3) is 11.1 Å². The van der Waals surface area contributed by atoms with Gasteiger partial charge in [-0.15, -0.1) is 0 Å². The average molecular weight is 436 g/mol. The molecule has 0 amide bonds. The zero-order valence-electron chi connectivity index (χ0n) is 15.7. The summed E-state index contributed by atoms with van der Waals surface area (Å²) in [7, 11) is -10.6. The molecule has 0 aliphatic rings. The third kappa shape index (κ3) is 10.4. The molecular weight excluding hydrogens is 420 g/mol.